The lowest BCUT2D eigenvalue weighted by Gasteiger charge is -2.33. The molecule has 240 valence electrons. The Kier molecular flexibility index (Phi) is 6.94. The molecule has 0 saturated heterocycles. The fourth-order valence-corrected chi connectivity index (χ4v) is 9.06. The summed E-state index contributed by atoms with van der Waals surface area (Å²) in [6.45, 7) is 0. The van der Waals surface area contributed by atoms with E-state index >= 15 is 0 Å². The first kappa shape index (κ1) is 29.9. The van der Waals surface area contributed by atoms with E-state index in [-0.39, 0.29) is 0 Å². The van der Waals surface area contributed by atoms with E-state index in [0.717, 1.165) is 10.2 Å². The third-order valence-corrected chi connectivity index (χ3v) is 11.5. The zero-order chi connectivity index (χ0) is 33.9. The molecule has 1 nitrogen and oxygen atoms in total. The first-order valence-corrected chi connectivity index (χ1v) is 18.3. The van der Waals surface area contributed by atoms with E-state index in [1.165, 1.54) is 77.4 Å². The lowest BCUT2D eigenvalue weighted by molar-refractivity contribution is 0.768. The van der Waals surface area contributed by atoms with E-state index < -0.39 is 5.41 Å². The molecule has 1 heterocycles. The van der Waals surface area contributed by atoms with Gasteiger partial charge in [0.05, 0.1) is 16.4 Å². The number of hydrogen-bond donors (Lipinski definition) is 0. The Morgan fingerprint density at radius 2 is 0.941 bits per heavy atom. The van der Waals surface area contributed by atoms with Gasteiger partial charge in [-0.25, -0.2) is 0 Å². The minimum absolute atomic E-state index is 0.414. The second-order valence-electron chi connectivity index (χ2n) is 13.4. The van der Waals surface area contributed by atoms with Crippen LogP contribution in [0, 0.1) is 0 Å². The summed E-state index contributed by atoms with van der Waals surface area (Å²) in [7, 11) is 0. The van der Waals surface area contributed by atoms with Crippen molar-refractivity contribution in [3.05, 3.63) is 221 Å². The smallest absolute Gasteiger partial charge is 0.0713 e. The van der Waals surface area contributed by atoms with Crippen LogP contribution in [0.2, 0.25) is 0 Å². The van der Waals surface area contributed by atoms with Gasteiger partial charge in [0.2, 0.25) is 0 Å². The van der Waals surface area contributed by atoms with Gasteiger partial charge < -0.3 is 4.57 Å². The summed E-state index contributed by atoms with van der Waals surface area (Å²) in [5, 5.41) is 2.51. The Labute approximate surface area is 306 Å². The van der Waals surface area contributed by atoms with Gasteiger partial charge in [-0.1, -0.05) is 180 Å². The monoisotopic (exact) mass is 713 g/mol. The van der Waals surface area contributed by atoms with E-state index in [9.17, 15) is 0 Å². The van der Waals surface area contributed by atoms with Crippen LogP contribution in [-0.4, -0.2) is 4.57 Å². The third kappa shape index (κ3) is 4.53. The van der Waals surface area contributed by atoms with Gasteiger partial charge in [-0.3, -0.25) is 0 Å². The molecule has 10 rings (SSSR count). The summed E-state index contributed by atoms with van der Waals surface area (Å²) in [6, 6.07) is 71.2. The van der Waals surface area contributed by atoms with E-state index in [4.69, 9.17) is 0 Å². The summed E-state index contributed by atoms with van der Waals surface area (Å²) in [5.41, 5.74) is 15.7. The highest BCUT2D eigenvalue weighted by atomic mass is 79.9. The normalized spacial score (nSPS) is 13.0. The van der Waals surface area contributed by atoms with E-state index in [1.54, 1.807) is 0 Å². The lowest BCUT2D eigenvalue weighted by atomic mass is 9.68. The average molecular weight is 715 g/mol. The van der Waals surface area contributed by atoms with Gasteiger partial charge in [-0.15, -0.1) is 0 Å². The molecule has 8 aromatic carbocycles. The van der Waals surface area contributed by atoms with Crippen molar-refractivity contribution in [1.29, 1.82) is 0 Å². The van der Waals surface area contributed by atoms with Crippen molar-refractivity contribution in [3.63, 3.8) is 0 Å². The number of para-hydroxylation sites is 1. The highest BCUT2D eigenvalue weighted by Crippen LogP contribution is 2.56. The van der Waals surface area contributed by atoms with Gasteiger partial charge in [0.25, 0.3) is 0 Å². The maximum atomic E-state index is 3.73. The van der Waals surface area contributed by atoms with Crippen molar-refractivity contribution >= 4 is 37.7 Å². The molecule has 0 fully saturated rings. The molecule has 0 N–H and O–H groups in total. The maximum absolute atomic E-state index is 3.73. The number of fused-ring (bicyclic) bond motifs is 6. The van der Waals surface area contributed by atoms with E-state index in [1.807, 2.05) is 0 Å². The van der Waals surface area contributed by atoms with Gasteiger partial charge in [-0.2, -0.15) is 0 Å². The maximum Gasteiger partial charge on any atom is 0.0713 e. The SMILES string of the molecule is Brc1ccccc1-c1ccc(-c2ccc3c4ccccc4n(-c4ccc5c(c4)-c4ccccc4C5(c4ccccc4)c4ccccc4)c3c2)cc1. The molecular weight excluding hydrogens is 682 g/mol. The Hall–Kier alpha value is -5.96. The molecule has 2 heteroatoms. The van der Waals surface area contributed by atoms with Crippen LogP contribution in [0.3, 0.4) is 0 Å². The second-order valence-corrected chi connectivity index (χ2v) is 14.3. The summed E-state index contributed by atoms with van der Waals surface area (Å²) in [4.78, 5) is 0. The molecule has 9 aromatic rings. The van der Waals surface area contributed by atoms with Crippen molar-refractivity contribution in [1.82, 2.24) is 4.57 Å². The molecule has 0 atom stereocenters. The van der Waals surface area contributed by atoms with Gasteiger partial charge in [0, 0.05) is 20.9 Å². The summed E-state index contributed by atoms with van der Waals surface area (Å²) < 4.78 is 3.56. The zero-order valence-corrected chi connectivity index (χ0v) is 29.4. The predicted molar refractivity (Wildman–Crippen MR) is 217 cm³/mol. The molecule has 51 heavy (non-hydrogen) atoms. The third-order valence-electron chi connectivity index (χ3n) is 10.8. The van der Waals surface area contributed by atoms with Crippen molar-refractivity contribution in [2.24, 2.45) is 0 Å². The van der Waals surface area contributed by atoms with Gasteiger partial charge in [-0.05, 0) is 86.0 Å². The van der Waals surface area contributed by atoms with Crippen molar-refractivity contribution in [2.75, 3.05) is 0 Å². The molecule has 1 aliphatic rings. The van der Waals surface area contributed by atoms with Crippen LogP contribution in [0.5, 0.6) is 0 Å². The lowest BCUT2D eigenvalue weighted by Crippen LogP contribution is -2.28. The molecule has 0 unspecified atom stereocenters. The standard InChI is InChI=1S/C49H32BrN/c50-46-21-11-8-17-39(46)34-25-23-33(24-26-34)35-27-29-42-41-19-9-12-22-47(41)51(48(42)31-35)38-28-30-45-43(32-38)40-18-7-10-20-44(40)49(45,36-13-3-1-4-14-36)37-15-5-2-6-16-37/h1-32H. The molecule has 0 radical (unpaired) electrons. The van der Waals surface area contributed by atoms with Crippen LogP contribution in [0.25, 0.3) is 60.9 Å². The number of nitrogens with zero attached hydrogens (tertiary/aromatic N) is 1. The topological polar surface area (TPSA) is 4.93 Å². The minimum atomic E-state index is -0.414. The van der Waals surface area contributed by atoms with Crippen LogP contribution < -0.4 is 0 Å². The highest BCUT2D eigenvalue weighted by molar-refractivity contribution is 9.10. The Balaban J connectivity index is 1.18. The molecule has 0 amide bonds. The number of benzene rings is 8. The Bertz CT molecular complexity index is 2700. The fraction of sp³-hybridized carbons (Fsp3) is 0.0204. The number of hydrogen-bond acceptors (Lipinski definition) is 0. The van der Waals surface area contributed by atoms with Gasteiger partial charge >= 0.3 is 0 Å². The second kappa shape index (κ2) is 11.8. The Morgan fingerprint density at radius 1 is 0.373 bits per heavy atom. The summed E-state index contributed by atoms with van der Waals surface area (Å²) in [6.07, 6.45) is 0. The molecule has 0 spiro atoms. The van der Waals surface area contributed by atoms with Crippen molar-refractivity contribution in [2.45, 2.75) is 5.41 Å². The molecule has 0 aliphatic heterocycles. The van der Waals surface area contributed by atoms with Crippen LogP contribution in [0.4, 0.5) is 0 Å². The van der Waals surface area contributed by atoms with E-state index in [0.29, 0.717) is 0 Å². The first-order chi connectivity index (χ1) is 25.2. The largest absolute Gasteiger partial charge is 0.309 e. The van der Waals surface area contributed by atoms with Crippen LogP contribution in [0.1, 0.15) is 22.3 Å². The van der Waals surface area contributed by atoms with Gasteiger partial charge in [0.1, 0.15) is 0 Å². The zero-order valence-electron chi connectivity index (χ0n) is 27.8. The molecule has 0 saturated carbocycles. The van der Waals surface area contributed by atoms with Crippen LogP contribution in [0.15, 0.2) is 199 Å². The fourth-order valence-electron chi connectivity index (χ4n) is 8.54. The van der Waals surface area contributed by atoms with Crippen molar-refractivity contribution < 1.29 is 0 Å². The first-order valence-electron chi connectivity index (χ1n) is 17.5. The number of rotatable bonds is 5. The number of halogens is 1. The Morgan fingerprint density at radius 3 is 1.69 bits per heavy atom. The van der Waals surface area contributed by atoms with Crippen LogP contribution in [-0.2, 0) is 5.41 Å². The average Bonchev–Trinajstić information content (AvgIpc) is 3.69. The van der Waals surface area contributed by atoms with Crippen molar-refractivity contribution in [3.8, 4) is 39.1 Å². The molecular formula is C49H32BrN. The van der Waals surface area contributed by atoms with Crippen LogP contribution >= 0.6 is 15.9 Å². The minimum Gasteiger partial charge on any atom is -0.309 e. The molecule has 1 aliphatic carbocycles. The highest BCUT2D eigenvalue weighted by Gasteiger charge is 2.46. The summed E-state index contributed by atoms with van der Waals surface area (Å²) >= 11 is 3.73. The summed E-state index contributed by atoms with van der Waals surface area (Å²) in [5.74, 6) is 0. The predicted octanol–water partition coefficient (Wildman–Crippen LogP) is 13.2. The quantitative estimate of drug-likeness (QED) is 0.167. The van der Waals surface area contributed by atoms with E-state index in [2.05, 4.69) is 215 Å². The van der Waals surface area contributed by atoms with Gasteiger partial charge in [0.15, 0.2) is 0 Å². The molecule has 0 bridgehead atoms. The number of aromatic nitrogens is 1. The molecule has 1 aromatic heterocycles.